The first-order chi connectivity index (χ1) is 8.60. The van der Waals surface area contributed by atoms with Gasteiger partial charge in [-0.15, -0.1) is 6.58 Å². The molecule has 5 nitrogen and oxygen atoms in total. The van der Waals surface area contributed by atoms with Crippen LogP contribution in [-0.2, 0) is 20.5 Å². The van der Waals surface area contributed by atoms with Crippen LogP contribution in [0.1, 0.15) is 34.6 Å². The number of rotatable bonds is 5. The number of hydrogen-bond acceptors (Lipinski definition) is 4. The number of nitrogens with one attached hydrogen (secondary N) is 1. The molecule has 6 heteroatoms. The van der Waals surface area contributed by atoms with Crippen molar-refractivity contribution in [1.29, 1.82) is 0 Å². The maximum absolute atomic E-state index is 12.1. The van der Waals surface area contributed by atoms with Crippen LogP contribution in [0.5, 0.6) is 0 Å². The van der Waals surface area contributed by atoms with Crippen LogP contribution in [0.25, 0.3) is 0 Å². The van der Waals surface area contributed by atoms with Gasteiger partial charge in [0.1, 0.15) is 12.2 Å². The van der Waals surface area contributed by atoms with Crippen LogP contribution >= 0.6 is 0 Å². The highest BCUT2D eigenvalue weighted by Gasteiger charge is 2.44. The van der Waals surface area contributed by atoms with Crippen molar-refractivity contribution in [3.8, 4) is 0 Å². The first-order valence-electron chi connectivity index (χ1n) is 6.38. The van der Waals surface area contributed by atoms with Crippen LogP contribution in [0.4, 0.5) is 0 Å². The molecular weight excluding hydrogens is 266 g/mol. The molecule has 0 radical (unpaired) electrons. The van der Waals surface area contributed by atoms with Gasteiger partial charge in [-0.1, -0.05) is 6.08 Å². The lowest BCUT2D eigenvalue weighted by Gasteiger charge is -2.27. The van der Waals surface area contributed by atoms with E-state index < -0.39 is 29.0 Å². The van der Waals surface area contributed by atoms with E-state index in [1.807, 2.05) is 20.8 Å². The van der Waals surface area contributed by atoms with E-state index in [-0.39, 0.29) is 17.4 Å². The van der Waals surface area contributed by atoms with Gasteiger partial charge in [-0.25, -0.2) is 8.93 Å². The average molecular weight is 291 g/mol. The Morgan fingerprint density at radius 1 is 1.47 bits per heavy atom. The second-order valence-corrected chi connectivity index (χ2v) is 8.08. The van der Waals surface area contributed by atoms with Crippen molar-refractivity contribution in [2.75, 3.05) is 6.61 Å². The fraction of sp³-hybridized carbons (Fsp3) is 0.846. The maximum atomic E-state index is 12.1. The molecule has 1 aliphatic heterocycles. The Hall–Kier alpha value is -0.270. The Bertz CT molecular complexity index is 351. The van der Waals surface area contributed by atoms with Gasteiger partial charge in [0.25, 0.3) is 0 Å². The van der Waals surface area contributed by atoms with Crippen LogP contribution in [0, 0.1) is 0 Å². The standard InChI is InChI=1S/C13H25NO4S/c1-7-9(14-19(16)12(2,3)4)11-10(8-15)17-13(5,6)18-11/h7,9-11,14-15H,1,8H2,2-6H3/t9-,10-,11-,19+/m0/s1. The largest absolute Gasteiger partial charge is 0.394 e. The topological polar surface area (TPSA) is 67.8 Å². The quantitative estimate of drug-likeness (QED) is 0.745. The molecule has 0 aliphatic carbocycles. The predicted molar refractivity (Wildman–Crippen MR) is 75.9 cm³/mol. The van der Waals surface area contributed by atoms with E-state index in [1.165, 1.54) is 0 Å². The van der Waals surface area contributed by atoms with Gasteiger partial charge in [-0.2, -0.15) is 0 Å². The summed E-state index contributed by atoms with van der Waals surface area (Å²) in [6.07, 6.45) is 0.771. The fourth-order valence-corrected chi connectivity index (χ4v) is 2.69. The zero-order chi connectivity index (χ0) is 14.8. The summed E-state index contributed by atoms with van der Waals surface area (Å²) in [5, 5.41) is 9.36. The van der Waals surface area contributed by atoms with Crippen LogP contribution in [-0.4, -0.2) is 44.7 Å². The molecule has 1 rings (SSSR count). The SMILES string of the molecule is C=C[C@H](N[S@](=O)C(C)(C)C)[C@@H]1OC(C)(C)O[C@H]1CO. The minimum atomic E-state index is -1.24. The lowest BCUT2D eigenvalue weighted by molar-refractivity contribution is -0.149. The molecule has 2 N–H and O–H groups in total. The van der Waals surface area contributed by atoms with E-state index in [0.717, 1.165) is 0 Å². The molecule has 1 heterocycles. The van der Waals surface area contributed by atoms with E-state index in [9.17, 15) is 9.32 Å². The van der Waals surface area contributed by atoms with Crippen molar-refractivity contribution < 1.29 is 18.8 Å². The lowest BCUT2D eigenvalue weighted by Crippen LogP contribution is -2.48. The molecule has 0 spiro atoms. The number of aliphatic hydroxyl groups excluding tert-OH is 1. The van der Waals surface area contributed by atoms with Gasteiger partial charge in [0, 0.05) is 0 Å². The average Bonchev–Trinajstić information content (AvgIpc) is 2.59. The van der Waals surface area contributed by atoms with E-state index in [1.54, 1.807) is 19.9 Å². The highest BCUT2D eigenvalue weighted by molar-refractivity contribution is 7.84. The van der Waals surface area contributed by atoms with Crippen LogP contribution in [0.3, 0.4) is 0 Å². The normalized spacial score (nSPS) is 30.0. The third kappa shape index (κ3) is 4.36. The summed E-state index contributed by atoms with van der Waals surface area (Å²) in [4.78, 5) is 0. The molecule has 0 bridgehead atoms. The molecule has 1 saturated heterocycles. The molecule has 0 unspecified atom stereocenters. The molecule has 19 heavy (non-hydrogen) atoms. The minimum absolute atomic E-state index is 0.151. The van der Waals surface area contributed by atoms with E-state index in [4.69, 9.17) is 9.47 Å². The molecule has 0 saturated carbocycles. The van der Waals surface area contributed by atoms with Gasteiger partial charge in [-0.05, 0) is 34.6 Å². The highest BCUT2D eigenvalue weighted by Crippen LogP contribution is 2.30. The second-order valence-electron chi connectivity index (χ2n) is 6.08. The van der Waals surface area contributed by atoms with Gasteiger partial charge in [0.15, 0.2) is 5.79 Å². The molecular formula is C13H25NO4S. The third-order valence-electron chi connectivity index (χ3n) is 2.81. The molecule has 1 aliphatic rings. The lowest BCUT2D eigenvalue weighted by atomic mass is 10.1. The van der Waals surface area contributed by atoms with E-state index >= 15 is 0 Å². The molecule has 1 fully saturated rings. The smallest absolute Gasteiger partial charge is 0.163 e. The minimum Gasteiger partial charge on any atom is -0.394 e. The Morgan fingerprint density at radius 2 is 2.05 bits per heavy atom. The summed E-state index contributed by atoms with van der Waals surface area (Å²) in [5.74, 6) is -0.760. The summed E-state index contributed by atoms with van der Waals surface area (Å²) in [6.45, 7) is 12.8. The molecule has 0 aromatic heterocycles. The van der Waals surface area contributed by atoms with Crippen molar-refractivity contribution in [3.05, 3.63) is 12.7 Å². The third-order valence-corrected chi connectivity index (χ3v) is 4.41. The van der Waals surface area contributed by atoms with Crippen molar-refractivity contribution >= 4 is 11.0 Å². The van der Waals surface area contributed by atoms with E-state index in [2.05, 4.69) is 11.3 Å². The van der Waals surface area contributed by atoms with E-state index in [0.29, 0.717) is 0 Å². The summed E-state index contributed by atoms with van der Waals surface area (Å²) >= 11 is 0. The van der Waals surface area contributed by atoms with Crippen molar-refractivity contribution in [2.45, 2.75) is 63.4 Å². The molecule has 0 aromatic carbocycles. The Morgan fingerprint density at radius 3 is 2.47 bits per heavy atom. The van der Waals surface area contributed by atoms with Crippen molar-refractivity contribution in [2.24, 2.45) is 0 Å². The Kier molecular flexibility index (Phi) is 5.31. The summed E-state index contributed by atoms with van der Waals surface area (Å²) in [7, 11) is -1.24. The number of hydrogen-bond donors (Lipinski definition) is 2. The maximum Gasteiger partial charge on any atom is 0.163 e. The molecule has 0 aromatic rings. The summed E-state index contributed by atoms with van der Waals surface area (Å²) in [6, 6.07) is -0.348. The Labute approximate surface area is 118 Å². The van der Waals surface area contributed by atoms with Crippen molar-refractivity contribution in [3.63, 3.8) is 0 Å². The highest BCUT2D eigenvalue weighted by atomic mass is 32.2. The molecule has 112 valence electrons. The van der Waals surface area contributed by atoms with Gasteiger partial charge in [-0.3, -0.25) is 0 Å². The molecule has 4 atom stereocenters. The second kappa shape index (κ2) is 6.01. The first kappa shape index (κ1) is 16.8. The number of aliphatic hydroxyl groups is 1. The summed E-state index contributed by atoms with van der Waals surface area (Å²) in [5.41, 5.74) is 0. The number of ether oxygens (including phenoxy) is 2. The van der Waals surface area contributed by atoms with Crippen LogP contribution in [0.15, 0.2) is 12.7 Å². The molecule has 0 amide bonds. The fourth-order valence-electron chi connectivity index (χ4n) is 1.86. The van der Waals surface area contributed by atoms with Gasteiger partial charge in [0.05, 0.1) is 28.4 Å². The zero-order valence-corrected chi connectivity index (χ0v) is 13.1. The Balaban J connectivity index is 2.80. The monoisotopic (exact) mass is 291 g/mol. The van der Waals surface area contributed by atoms with Crippen LogP contribution in [0.2, 0.25) is 0 Å². The summed E-state index contributed by atoms with van der Waals surface area (Å²) < 4.78 is 26.1. The van der Waals surface area contributed by atoms with Crippen molar-refractivity contribution in [1.82, 2.24) is 4.72 Å². The van der Waals surface area contributed by atoms with Gasteiger partial charge >= 0.3 is 0 Å². The first-order valence-corrected chi connectivity index (χ1v) is 7.53. The zero-order valence-electron chi connectivity index (χ0n) is 12.3. The van der Waals surface area contributed by atoms with Gasteiger partial charge < -0.3 is 14.6 Å². The van der Waals surface area contributed by atoms with Crippen LogP contribution < -0.4 is 4.72 Å². The predicted octanol–water partition coefficient (Wildman–Crippen LogP) is 1.11. The van der Waals surface area contributed by atoms with Gasteiger partial charge in [0.2, 0.25) is 0 Å².